The van der Waals surface area contributed by atoms with Crippen LogP contribution in [0, 0.1) is 0 Å². The number of thiophene rings is 1. The van der Waals surface area contributed by atoms with Crippen LogP contribution < -0.4 is 5.32 Å². The SMILES string of the molecule is CCCNC(CCc1ccccc1)Cc1ccsc1. The third kappa shape index (κ3) is 5.17. The average molecular weight is 273 g/mol. The molecule has 0 fully saturated rings. The fourth-order valence-corrected chi connectivity index (χ4v) is 2.99. The molecule has 0 spiro atoms. The molecule has 0 bridgehead atoms. The van der Waals surface area contributed by atoms with Crippen molar-refractivity contribution in [3.05, 3.63) is 58.3 Å². The van der Waals surface area contributed by atoms with Gasteiger partial charge in [-0.05, 0) is 60.2 Å². The highest BCUT2D eigenvalue weighted by molar-refractivity contribution is 7.07. The molecule has 0 aliphatic carbocycles. The van der Waals surface area contributed by atoms with Gasteiger partial charge in [-0.1, -0.05) is 37.3 Å². The fraction of sp³-hybridized carbons (Fsp3) is 0.412. The van der Waals surface area contributed by atoms with Gasteiger partial charge in [-0.15, -0.1) is 0 Å². The van der Waals surface area contributed by atoms with Gasteiger partial charge in [0.15, 0.2) is 0 Å². The van der Waals surface area contributed by atoms with E-state index in [2.05, 4.69) is 59.4 Å². The Morgan fingerprint density at radius 2 is 1.95 bits per heavy atom. The highest BCUT2D eigenvalue weighted by atomic mass is 32.1. The largest absolute Gasteiger partial charge is 0.314 e. The Bertz CT molecular complexity index is 436. The number of hydrogen-bond acceptors (Lipinski definition) is 2. The van der Waals surface area contributed by atoms with Gasteiger partial charge in [-0.2, -0.15) is 11.3 Å². The molecule has 1 nitrogen and oxygen atoms in total. The second-order valence-electron chi connectivity index (χ2n) is 5.01. The molecule has 0 amide bonds. The molecule has 1 heterocycles. The molecule has 1 aromatic heterocycles. The van der Waals surface area contributed by atoms with Crippen LogP contribution in [0.2, 0.25) is 0 Å². The number of nitrogens with one attached hydrogen (secondary N) is 1. The molecule has 0 aliphatic rings. The smallest absolute Gasteiger partial charge is 0.0111 e. The summed E-state index contributed by atoms with van der Waals surface area (Å²) < 4.78 is 0. The Kier molecular flexibility index (Phi) is 6.12. The lowest BCUT2D eigenvalue weighted by Gasteiger charge is -2.18. The molecule has 2 aromatic rings. The molecule has 1 aromatic carbocycles. The van der Waals surface area contributed by atoms with Gasteiger partial charge in [-0.3, -0.25) is 0 Å². The monoisotopic (exact) mass is 273 g/mol. The van der Waals surface area contributed by atoms with Gasteiger partial charge in [0.2, 0.25) is 0 Å². The van der Waals surface area contributed by atoms with E-state index in [1.54, 1.807) is 11.3 Å². The molecule has 0 saturated heterocycles. The van der Waals surface area contributed by atoms with Crippen molar-refractivity contribution in [1.29, 1.82) is 0 Å². The van der Waals surface area contributed by atoms with Gasteiger partial charge in [0, 0.05) is 6.04 Å². The zero-order valence-electron chi connectivity index (χ0n) is 11.6. The third-order valence-electron chi connectivity index (χ3n) is 3.37. The molecular weight excluding hydrogens is 250 g/mol. The summed E-state index contributed by atoms with van der Waals surface area (Å²) in [6.07, 6.45) is 4.72. The molecule has 102 valence electrons. The van der Waals surface area contributed by atoms with Crippen molar-refractivity contribution in [3.63, 3.8) is 0 Å². The number of hydrogen-bond donors (Lipinski definition) is 1. The van der Waals surface area contributed by atoms with Crippen molar-refractivity contribution in [3.8, 4) is 0 Å². The first-order chi connectivity index (χ1) is 9.38. The molecule has 1 unspecified atom stereocenters. The van der Waals surface area contributed by atoms with E-state index in [1.165, 1.54) is 24.0 Å². The van der Waals surface area contributed by atoms with E-state index in [4.69, 9.17) is 0 Å². The Hall–Kier alpha value is -1.12. The lowest BCUT2D eigenvalue weighted by atomic mass is 10.0. The maximum absolute atomic E-state index is 3.68. The van der Waals surface area contributed by atoms with E-state index in [0.717, 1.165) is 19.4 Å². The standard InChI is InChI=1S/C17H23NS/c1-2-11-18-17(13-16-10-12-19-14-16)9-8-15-6-4-3-5-7-15/h3-7,10,12,14,17-18H,2,8-9,11,13H2,1H3. The van der Waals surface area contributed by atoms with Gasteiger partial charge < -0.3 is 5.32 Å². The predicted octanol–water partition coefficient (Wildman–Crippen LogP) is 4.29. The van der Waals surface area contributed by atoms with Crippen molar-refractivity contribution in [2.45, 2.75) is 38.6 Å². The fourth-order valence-electron chi connectivity index (χ4n) is 2.30. The number of aryl methyl sites for hydroxylation is 1. The minimum absolute atomic E-state index is 0.592. The summed E-state index contributed by atoms with van der Waals surface area (Å²) in [5, 5.41) is 8.12. The number of rotatable bonds is 8. The van der Waals surface area contributed by atoms with E-state index < -0.39 is 0 Å². The second kappa shape index (κ2) is 8.13. The van der Waals surface area contributed by atoms with E-state index >= 15 is 0 Å². The van der Waals surface area contributed by atoms with Crippen molar-refractivity contribution < 1.29 is 0 Å². The molecule has 2 heteroatoms. The minimum atomic E-state index is 0.592. The first-order valence-corrected chi connectivity index (χ1v) is 8.11. The summed E-state index contributed by atoms with van der Waals surface area (Å²) in [5.74, 6) is 0. The Balaban J connectivity index is 1.86. The van der Waals surface area contributed by atoms with Gasteiger partial charge >= 0.3 is 0 Å². The van der Waals surface area contributed by atoms with Crippen molar-refractivity contribution in [2.75, 3.05) is 6.54 Å². The first-order valence-electron chi connectivity index (χ1n) is 7.17. The first kappa shape index (κ1) is 14.3. The highest BCUT2D eigenvalue weighted by Crippen LogP contribution is 2.13. The average Bonchev–Trinajstić information content (AvgIpc) is 2.96. The van der Waals surface area contributed by atoms with Crippen molar-refractivity contribution in [2.24, 2.45) is 0 Å². The van der Waals surface area contributed by atoms with Crippen LogP contribution in [0.3, 0.4) is 0 Å². The van der Waals surface area contributed by atoms with Crippen LogP contribution in [0.4, 0.5) is 0 Å². The molecule has 2 rings (SSSR count). The summed E-state index contributed by atoms with van der Waals surface area (Å²) in [5.41, 5.74) is 2.91. The van der Waals surface area contributed by atoms with Crippen LogP contribution in [0.1, 0.15) is 30.9 Å². The molecular formula is C17H23NS. The summed E-state index contributed by atoms with van der Waals surface area (Å²) in [6, 6.07) is 13.6. The lowest BCUT2D eigenvalue weighted by Crippen LogP contribution is -2.32. The molecule has 0 saturated carbocycles. The third-order valence-corrected chi connectivity index (χ3v) is 4.10. The van der Waals surface area contributed by atoms with Gasteiger partial charge in [-0.25, -0.2) is 0 Å². The topological polar surface area (TPSA) is 12.0 Å². The van der Waals surface area contributed by atoms with Gasteiger partial charge in [0.05, 0.1) is 0 Å². The maximum atomic E-state index is 3.68. The molecule has 0 radical (unpaired) electrons. The predicted molar refractivity (Wildman–Crippen MR) is 84.9 cm³/mol. The van der Waals surface area contributed by atoms with Crippen LogP contribution in [-0.2, 0) is 12.8 Å². The van der Waals surface area contributed by atoms with Crippen LogP contribution in [-0.4, -0.2) is 12.6 Å². The van der Waals surface area contributed by atoms with Crippen LogP contribution in [0.25, 0.3) is 0 Å². The van der Waals surface area contributed by atoms with E-state index in [0.29, 0.717) is 6.04 Å². The molecule has 1 atom stereocenters. The lowest BCUT2D eigenvalue weighted by molar-refractivity contribution is 0.478. The highest BCUT2D eigenvalue weighted by Gasteiger charge is 2.09. The summed E-state index contributed by atoms with van der Waals surface area (Å²) in [6.45, 7) is 3.34. The van der Waals surface area contributed by atoms with Gasteiger partial charge in [0.1, 0.15) is 0 Å². The zero-order valence-corrected chi connectivity index (χ0v) is 12.5. The zero-order chi connectivity index (χ0) is 13.3. The second-order valence-corrected chi connectivity index (χ2v) is 5.79. The van der Waals surface area contributed by atoms with Crippen LogP contribution in [0.15, 0.2) is 47.2 Å². The van der Waals surface area contributed by atoms with Crippen LogP contribution in [0.5, 0.6) is 0 Å². The van der Waals surface area contributed by atoms with Crippen LogP contribution >= 0.6 is 11.3 Å². The van der Waals surface area contributed by atoms with Gasteiger partial charge in [0.25, 0.3) is 0 Å². The summed E-state index contributed by atoms with van der Waals surface area (Å²) >= 11 is 1.79. The van der Waals surface area contributed by atoms with E-state index in [-0.39, 0.29) is 0 Å². The van der Waals surface area contributed by atoms with Crippen molar-refractivity contribution >= 4 is 11.3 Å². The van der Waals surface area contributed by atoms with Crippen molar-refractivity contribution in [1.82, 2.24) is 5.32 Å². The number of benzene rings is 1. The molecule has 19 heavy (non-hydrogen) atoms. The Morgan fingerprint density at radius 1 is 1.11 bits per heavy atom. The van der Waals surface area contributed by atoms with E-state index in [1.807, 2.05) is 0 Å². The van der Waals surface area contributed by atoms with E-state index in [9.17, 15) is 0 Å². The minimum Gasteiger partial charge on any atom is -0.314 e. The molecule has 0 aliphatic heterocycles. The summed E-state index contributed by atoms with van der Waals surface area (Å²) in [4.78, 5) is 0. The quantitative estimate of drug-likeness (QED) is 0.756. The normalized spacial score (nSPS) is 12.5. The molecule has 1 N–H and O–H groups in total. The Morgan fingerprint density at radius 3 is 2.63 bits per heavy atom. The summed E-state index contributed by atoms with van der Waals surface area (Å²) in [7, 11) is 0. The maximum Gasteiger partial charge on any atom is 0.0111 e. The Labute approximate surface area is 120 Å².